The van der Waals surface area contributed by atoms with Gasteiger partial charge in [0, 0.05) is 11.4 Å². The Morgan fingerprint density at radius 3 is 2.52 bits per heavy atom. The molecule has 0 heterocycles. The summed E-state index contributed by atoms with van der Waals surface area (Å²) in [6.07, 6.45) is 1.99. The van der Waals surface area contributed by atoms with E-state index in [0.29, 0.717) is 12.8 Å². The molecule has 2 nitrogen and oxygen atoms in total. The van der Waals surface area contributed by atoms with Gasteiger partial charge in [-0.05, 0) is 55.0 Å². The number of hydrogen-bond acceptors (Lipinski definition) is 1. The van der Waals surface area contributed by atoms with Gasteiger partial charge in [0.25, 0.3) is 0 Å². The second kappa shape index (κ2) is 8.16. The minimum Gasteiger partial charge on any atom is -0.349 e. The van der Waals surface area contributed by atoms with Crippen molar-refractivity contribution >= 4 is 17.5 Å². The van der Waals surface area contributed by atoms with E-state index in [1.165, 1.54) is 16.7 Å². The molecule has 0 saturated heterocycles. The Hall–Kier alpha value is -1.80. The molecule has 1 N–H and O–H groups in total. The SMILES string of the molecule is CCC(NC(=O)CCc1ccccc1Cl)c1ccc(C)c(C)c1. The van der Waals surface area contributed by atoms with Crippen LogP contribution in [0.4, 0.5) is 0 Å². The minimum absolute atomic E-state index is 0.0630. The molecule has 122 valence electrons. The van der Waals surface area contributed by atoms with E-state index in [0.717, 1.165) is 17.0 Å². The highest BCUT2D eigenvalue weighted by Gasteiger charge is 2.13. The highest BCUT2D eigenvalue weighted by atomic mass is 35.5. The van der Waals surface area contributed by atoms with Crippen molar-refractivity contribution in [3.05, 3.63) is 69.7 Å². The molecule has 0 saturated carbocycles. The second-order valence-electron chi connectivity index (χ2n) is 5.96. The molecule has 2 rings (SSSR count). The van der Waals surface area contributed by atoms with E-state index in [2.05, 4.69) is 44.3 Å². The van der Waals surface area contributed by atoms with Crippen LogP contribution in [-0.4, -0.2) is 5.91 Å². The molecule has 1 atom stereocenters. The van der Waals surface area contributed by atoms with Crippen LogP contribution in [0.5, 0.6) is 0 Å². The third-order valence-electron chi connectivity index (χ3n) is 4.26. The van der Waals surface area contributed by atoms with E-state index >= 15 is 0 Å². The van der Waals surface area contributed by atoms with Crippen molar-refractivity contribution < 1.29 is 4.79 Å². The molecular formula is C20H24ClNO. The monoisotopic (exact) mass is 329 g/mol. The van der Waals surface area contributed by atoms with E-state index in [1.54, 1.807) is 0 Å². The second-order valence-corrected chi connectivity index (χ2v) is 6.37. The van der Waals surface area contributed by atoms with Crippen LogP contribution in [-0.2, 0) is 11.2 Å². The summed E-state index contributed by atoms with van der Waals surface area (Å²) in [6, 6.07) is 14.1. The van der Waals surface area contributed by atoms with Gasteiger partial charge in [0.1, 0.15) is 0 Å². The number of hydrogen-bond donors (Lipinski definition) is 1. The molecule has 2 aromatic carbocycles. The summed E-state index contributed by atoms with van der Waals surface area (Å²) in [6.45, 7) is 6.29. The molecule has 0 bridgehead atoms. The van der Waals surface area contributed by atoms with Gasteiger partial charge in [-0.2, -0.15) is 0 Å². The number of benzene rings is 2. The van der Waals surface area contributed by atoms with Gasteiger partial charge in [-0.25, -0.2) is 0 Å². The fourth-order valence-electron chi connectivity index (χ4n) is 2.62. The lowest BCUT2D eigenvalue weighted by atomic mass is 9.99. The predicted molar refractivity (Wildman–Crippen MR) is 96.9 cm³/mol. The molecule has 0 aromatic heterocycles. The summed E-state index contributed by atoms with van der Waals surface area (Å²) in [7, 11) is 0. The van der Waals surface area contributed by atoms with Crippen LogP contribution >= 0.6 is 11.6 Å². The third-order valence-corrected chi connectivity index (χ3v) is 4.62. The lowest BCUT2D eigenvalue weighted by Crippen LogP contribution is -2.28. The Labute approximate surface area is 143 Å². The van der Waals surface area contributed by atoms with E-state index in [9.17, 15) is 4.79 Å². The van der Waals surface area contributed by atoms with Crippen LogP contribution < -0.4 is 5.32 Å². The first-order valence-electron chi connectivity index (χ1n) is 8.11. The van der Waals surface area contributed by atoms with E-state index < -0.39 is 0 Å². The van der Waals surface area contributed by atoms with Gasteiger partial charge in [0.05, 0.1) is 6.04 Å². The van der Waals surface area contributed by atoms with Crippen LogP contribution in [0, 0.1) is 13.8 Å². The standard InChI is InChI=1S/C20H24ClNO/c1-4-19(17-10-9-14(2)15(3)13-17)22-20(23)12-11-16-7-5-6-8-18(16)21/h5-10,13,19H,4,11-12H2,1-3H3,(H,22,23). The summed E-state index contributed by atoms with van der Waals surface area (Å²) in [5.41, 5.74) is 4.71. The summed E-state index contributed by atoms with van der Waals surface area (Å²) < 4.78 is 0. The minimum atomic E-state index is 0.0630. The maximum atomic E-state index is 12.3. The van der Waals surface area contributed by atoms with Crippen molar-refractivity contribution in [2.24, 2.45) is 0 Å². The number of halogens is 1. The van der Waals surface area contributed by atoms with Crippen LogP contribution in [0.1, 0.15) is 48.1 Å². The summed E-state index contributed by atoms with van der Waals surface area (Å²) in [4.78, 5) is 12.3. The van der Waals surface area contributed by atoms with Crippen LogP contribution in [0.2, 0.25) is 5.02 Å². The van der Waals surface area contributed by atoms with Crippen molar-refractivity contribution in [3.8, 4) is 0 Å². The zero-order valence-electron chi connectivity index (χ0n) is 14.0. The Morgan fingerprint density at radius 2 is 1.87 bits per heavy atom. The molecule has 3 heteroatoms. The van der Waals surface area contributed by atoms with Crippen molar-refractivity contribution in [2.75, 3.05) is 0 Å². The fourth-order valence-corrected chi connectivity index (χ4v) is 2.85. The summed E-state index contributed by atoms with van der Waals surface area (Å²) in [5.74, 6) is 0.0648. The van der Waals surface area contributed by atoms with Gasteiger partial charge < -0.3 is 5.32 Å². The predicted octanol–water partition coefficient (Wildman–Crippen LogP) is 5.16. The first-order chi connectivity index (χ1) is 11.0. The molecule has 2 aromatic rings. The van der Waals surface area contributed by atoms with Crippen molar-refractivity contribution in [3.63, 3.8) is 0 Å². The molecule has 0 fully saturated rings. The topological polar surface area (TPSA) is 29.1 Å². The Balaban J connectivity index is 1.97. The quantitative estimate of drug-likeness (QED) is 0.779. The molecule has 1 amide bonds. The van der Waals surface area contributed by atoms with E-state index in [1.807, 2.05) is 24.3 Å². The molecule has 23 heavy (non-hydrogen) atoms. The highest BCUT2D eigenvalue weighted by molar-refractivity contribution is 6.31. The molecular weight excluding hydrogens is 306 g/mol. The Morgan fingerprint density at radius 1 is 1.13 bits per heavy atom. The van der Waals surface area contributed by atoms with Crippen molar-refractivity contribution in [1.82, 2.24) is 5.32 Å². The number of aryl methyl sites for hydroxylation is 3. The Kier molecular flexibility index (Phi) is 6.23. The maximum Gasteiger partial charge on any atom is 0.220 e. The molecule has 0 aliphatic carbocycles. The zero-order chi connectivity index (χ0) is 16.8. The maximum absolute atomic E-state index is 12.3. The molecule has 1 unspecified atom stereocenters. The van der Waals surface area contributed by atoms with Gasteiger partial charge in [-0.3, -0.25) is 4.79 Å². The lowest BCUT2D eigenvalue weighted by molar-refractivity contribution is -0.121. The van der Waals surface area contributed by atoms with Gasteiger partial charge in [-0.1, -0.05) is 54.9 Å². The largest absolute Gasteiger partial charge is 0.349 e. The molecule has 0 aliphatic heterocycles. The summed E-state index contributed by atoms with van der Waals surface area (Å²) >= 11 is 6.14. The van der Waals surface area contributed by atoms with Gasteiger partial charge in [0.2, 0.25) is 5.91 Å². The van der Waals surface area contributed by atoms with Gasteiger partial charge in [0.15, 0.2) is 0 Å². The van der Waals surface area contributed by atoms with Crippen LogP contribution in [0.25, 0.3) is 0 Å². The van der Waals surface area contributed by atoms with Gasteiger partial charge >= 0.3 is 0 Å². The van der Waals surface area contributed by atoms with E-state index in [-0.39, 0.29) is 11.9 Å². The summed E-state index contributed by atoms with van der Waals surface area (Å²) in [5, 5.41) is 3.86. The zero-order valence-corrected chi connectivity index (χ0v) is 14.8. The highest BCUT2D eigenvalue weighted by Crippen LogP contribution is 2.21. The molecule has 0 radical (unpaired) electrons. The van der Waals surface area contributed by atoms with E-state index in [4.69, 9.17) is 11.6 Å². The fraction of sp³-hybridized carbons (Fsp3) is 0.350. The number of carbonyl (C=O) groups is 1. The van der Waals surface area contributed by atoms with Crippen molar-refractivity contribution in [2.45, 2.75) is 46.1 Å². The van der Waals surface area contributed by atoms with Crippen LogP contribution in [0.15, 0.2) is 42.5 Å². The first-order valence-corrected chi connectivity index (χ1v) is 8.49. The third kappa shape index (κ3) is 4.84. The normalized spacial score (nSPS) is 12.0. The number of carbonyl (C=O) groups excluding carboxylic acids is 1. The average Bonchev–Trinajstić information content (AvgIpc) is 2.54. The number of amides is 1. The average molecular weight is 330 g/mol. The lowest BCUT2D eigenvalue weighted by Gasteiger charge is -2.19. The number of rotatable bonds is 6. The number of nitrogens with one attached hydrogen (secondary N) is 1. The van der Waals surface area contributed by atoms with Crippen LogP contribution in [0.3, 0.4) is 0 Å². The smallest absolute Gasteiger partial charge is 0.220 e. The Bertz CT molecular complexity index is 681. The molecule has 0 spiro atoms. The van der Waals surface area contributed by atoms with Gasteiger partial charge in [-0.15, -0.1) is 0 Å². The van der Waals surface area contributed by atoms with Crippen molar-refractivity contribution in [1.29, 1.82) is 0 Å². The first kappa shape index (κ1) is 17.6. The molecule has 0 aliphatic rings.